The Bertz CT molecular complexity index is 1490. The molecular weight excluding hydrogens is 559 g/mol. The van der Waals surface area contributed by atoms with E-state index in [1.807, 2.05) is 24.3 Å². The zero-order valence-corrected chi connectivity index (χ0v) is 21.6. The lowest BCUT2D eigenvalue weighted by molar-refractivity contribution is 0.102. The van der Waals surface area contributed by atoms with Gasteiger partial charge in [0.15, 0.2) is 0 Å². The molecule has 5 nitrogen and oxygen atoms in total. The maximum absolute atomic E-state index is 13.0. The largest absolute Gasteiger partial charge is 0.321 e. The van der Waals surface area contributed by atoms with Crippen LogP contribution in [0, 0.1) is 3.57 Å². The lowest BCUT2D eigenvalue weighted by Gasteiger charge is -2.22. The minimum atomic E-state index is -3.47. The van der Waals surface area contributed by atoms with Gasteiger partial charge in [-0.1, -0.05) is 36.4 Å². The molecule has 4 aromatic rings. The van der Waals surface area contributed by atoms with Gasteiger partial charge < -0.3 is 5.32 Å². The van der Waals surface area contributed by atoms with Crippen LogP contribution in [0.25, 0.3) is 10.8 Å². The molecular formula is C27H23IN2O3S. The molecule has 7 heteroatoms. The standard InChI is InChI=1S/C27H23IN2O3S/c1-34(32,33)30(23-14-12-22(28)13-15-23)17-18-5-7-21(8-6-18)27(31)29-25-16-11-20-10-9-19-3-2-4-24(25)26(19)20/h2-8,11-16H,9-10,17H2,1H3,(H,29,31). The normalized spacial score (nSPS) is 12.6. The van der Waals surface area contributed by atoms with Gasteiger partial charge in [-0.2, -0.15) is 0 Å². The third-order valence-corrected chi connectivity index (χ3v) is 8.04. The molecule has 34 heavy (non-hydrogen) atoms. The number of aryl methyl sites for hydroxylation is 2. The van der Waals surface area contributed by atoms with E-state index in [1.165, 1.54) is 27.1 Å². The van der Waals surface area contributed by atoms with Crippen LogP contribution < -0.4 is 9.62 Å². The maximum atomic E-state index is 13.0. The first-order valence-electron chi connectivity index (χ1n) is 11.0. The second kappa shape index (κ2) is 9.03. The number of halogens is 1. The van der Waals surface area contributed by atoms with Crippen molar-refractivity contribution in [3.63, 3.8) is 0 Å². The van der Waals surface area contributed by atoms with Crippen molar-refractivity contribution in [2.24, 2.45) is 0 Å². The van der Waals surface area contributed by atoms with Crippen molar-refractivity contribution < 1.29 is 13.2 Å². The molecule has 0 saturated heterocycles. The number of carbonyl (C=O) groups is 1. The minimum Gasteiger partial charge on any atom is -0.321 e. The summed E-state index contributed by atoms with van der Waals surface area (Å²) in [5.74, 6) is -0.192. The van der Waals surface area contributed by atoms with E-state index < -0.39 is 10.0 Å². The molecule has 1 aliphatic carbocycles. The van der Waals surface area contributed by atoms with Crippen LogP contribution in [0.4, 0.5) is 11.4 Å². The molecule has 0 aliphatic heterocycles. The summed E-state index contributed by atoms with van der Waals surface area (Å²) in [6.45, 7) is 0.191. The van der Waals surface area contributed by atoms with Gasteiger partial charge in [0.1, 0.15) is 0 Å². The Morgan fingerprint density at radius 1 is 0.912 bits per heavy atom. The molecule has 0 radical (unpaired) electrons. The number of rotatable bonds is 6. The van der Waals surface area contributed by atoms with Gasteiger partial charge in [-0.25, -0.2) is 8.42 Å². The monoisotopic (exact) mass is 582 g/mol. The van der Waals surface area contributed by atoms with Crippen LogP contribution in [0.3, 0.4) is 0 Å². The summed E-state index contributed by atoms with van der Waals surface area (Å²) in [5, 5.41) is 5.38. The van der Waals surface area contributed by atoms with Gasteiger partial charge in [0.2, 0.25) is 10.0 Å². The predicted molar refractivity (Wildman–Crippen MR) is 146 cm³/mol. The highest BCUT2D eigenvalue weighted by molar-refractivity contribution is 14.1. The highest BCUT2D eigenvalue weighted by Gasteiger charge is 2.19. The third kappa shape index (κ3) is 4.54. The summed E-state index contributed by atoms with van der Waals surface area (Å²) >= 11 is 2.19. The minimum absolute atomic E-state index is 0.191. The van der Waals surface area contributed by atoms with Gasteiger partial charge in [0, 0.05) is 20.2 Å². The number of anilines is 2. The second-order valence-electron chi connectivity index (χ2n) is 8.51. The molecule has 0 fully saturated rings. The van der Waals surface area contributed by atoms with E-state index in [4.69, 9.17) is 0 Å². The summed E-state index contributed by atoms with van der Waals surface area (Å²) in [6.07, 6.45) is 3.28. The molecule has 172 valence electrons. The first-order chi connectivity index (χ1) is 16.3. The molecule has 0 atom stereocenters. The first kappa shape index (κ1) is 22.9. The van der Waals surface area contributed by atoms with Crippen molar-refractivity contribution in [2.45, 2.75) is 19.4 Å². The average molecular weight is 582 g/mol. The number of hydrogen-bond acceptors (Lipinski definition) is 3. The van der Waals surface area contributed by atoms with Crippen LogP contribution in [0.1, 0.15) is 27.0 Å². The molecule has 0 bridgehead atoms. The van der Waals surface area contributed by atoms with Crippen LogP contribution in [0.2, 0.25) is 0 Å². The fourth-order valence-corrected chi connectivity index (χ4v) is 5.73. The van der Waals surface area contributed by atoms with E-state index in [0.717, 1.165) is 33.0 Å². The predicted octanol–water partition coefficient (Wildman–Crippen LogP) is 5.76. The van der Waals surface area contributed by atoms with E-state index in [0.29, 0.717) is 11.3 Å². The molecule has 0 unspecified atom stereocenters. The number of amides is 1. The number of benzene rings is 4. The average Bonchev–Trinajstić information content (AvgIpc) is 3.24. The topological polar surface area (TPSA) is 66.5 Å². The van der Waals surface area contributed by atoms with E-state index in [9.17, 15) is 13.2 Å². The first-order valence-corrected chi connectivity index (χ1v) is 13.9. The summed E-state index contributed by atoms with van der Waals surface area (Å²) in [7, 11) is -3.47. The summed E-state index contributed by atoms with van der Waals surface area (Å²) in [6, 6.07) is 24.7. The molecule has 1 amide bonds. The number of hydrogen-bond donors (Lipinski definition) is 1. The van der Waals surface area contributed by atoms with Gasteiger partial charge in [0.25, 0.3) is 5.91 Å². The molecule has 1 aliphatic rings. The molecule has 0 spiro atoms. The van der Waals surface area contributed by atoms with Gasteiger partial charge >= 0.3 is 0 Å². The molecule has 0 saturated carbocycles. The fraction of sp³-hybridized carbons (Fsp3) is 0.148. The molecule has 4 aromatic carbocycles. The maximum Gasteiger partial charge on any atom is 0.255 e. The Balaban J connectivity index is 1.36. The Morgan fingerprint density at radius 3 is 2.26 bits per heavy atom. The van der Waals surface area contributed by atoms with E-state index >= 15 is 0 Å². The smallest absolute Gasteiger partial charge is 0.255 e. The van der Waals surface area contributed by atoms with Gasteiger partial charge in [-0.15, -0.1) is 0 Å². The fourth-order valence-electron chi connectivity index (χ4n) is 4.49. The van der Waals surface area contributed by atoms with Crippen molar-refractivity contribution in [1.29, 1.82) is 0 Å². The Labute approximate surface area is 213 Å². The quantitative estimate of drug-likeness (QED) is 0.294. The Morgan fingerprint density at radius 2 is 1.59 bits per heavy atom. The second-order valence-corrected chi connectivity index (χ2v) is 11.7. The van der Waals surface area contributed by atoms with Crippen molar-refractivity contribution in [2.75, 3.05) is 15.9 Å². The number of carbonyl (C=O) groups excluding carboxylic acids is 1. The van der Waals surface area contributed by atoms with Gasteiger partial charge in [-0.05, 0) is 100.0 Å². The van der Waals surface area contributed by atoms with Crippen LogP contribution in [0.15, 0.2) is 78.9 Å². The van der Waals surface area contributed by atoms with Crippen LogP contribution in [0.5, 0.6) is 0 Å². The van der Waals surface area contributed by atoms with Crippen molar-refractivity contribution >= 4 is 60.7 Å². The Hall–Kier alpha value is -2.91. The van der Waals surface area contributed by atoms with E-state index in [1.54, 1.807) is 36.4 Å². The molecule has 5 rings (SSSR count). The zero-order chi connectivity index (χ0) is 23.9. The number of nitrogens with zero attached hydrogens (tertiary/aromatic N) is 1. The van der Waals surface area contributed by atoms with Gasteiger partial charge in [0.05, 0.1) is 18.5 Å². The van der Waals surface area contributed by atoms with E-state index in [2.05, 4.69) is 46.1 Å². The molecule has 0 heterocycles. The Kier molecular flexibility index (Phi) is 6.07. The molecule has 1 N–H and O–H groups in total. The van der Waals surface area contributed by atoms with E-state index in [-0.39, 0.29) is 12.5 Å². The van der Waals surface area contributed by atoms with Crippen LogP contribution in [-0.2, 0) is 29.4 Å². The summed E-state index contributed by atoms with van der Waals surface area (Å²) < 4.78 is 27.2. The van der Waals surface area contributed by atoms with Gasteiger partial charge in [-0.3, -0.25) is 9.10 Å². The highest BCUT2D eigenvalue weighted by Crippen LogP contribution is 2.35. The third-order valence-electron chi connectivity index (χ3n) is 6.18. The van der Waals surface area contributed by atoms with Crippen LogP contribution in [-0.4, -0.2) is 20.6 Å². The lowest BCUT2D eigenvalue weighted by Crippen LogP contribution is -2.29. The molecule has 0 aromatic heterocycles. The number of nitrogens with one attached hydrogen (secondary N) is 1. The zero-order valence-electron chi connectivity index (χ0n) is 18.6. The summed E-state index contributed by atoms with van der Waals surface area (Å²) in [5.41, 5.74) is 5.39. The van der Waals surface area contributed by atoms with Crippen molar-refractivity contribution in [3.8, 4) is 0 Å². The van der Waals surface area contributed by atoms with Crippen LogP contribution >= 0.6 is 22.6 Å². The van der Waals surface area contributed by atoms with Crippen molar-refractivity contribution in [3.05, 3.63) is 105 Å². The SMILES string of the molecule is CS(=O)(=O)N(Cc1ccc(C(=O)Nc2ccc3c4c(cccc24)CC3)cc1)c1ccc(I)cc1. The van der Waals surface area contributed by atoms with Crippen molar-refractivity contribution in [1.82, 2.24) is 0 Å². The number of sulfonamides is 1. The lowest BCUT2D eigenvalue weighted by atomic mass is 10.0. The highest BCUT2D eigenvalue weighted by atomic mass is 127. The summed E-state index contributed by atoms with van der Waals surface area (Å²) in [4.78, 5) is 13.0.